The smallest absolute Gasteiger partial charge is 0.411 e. The highest BCUT2D eigenvalue weighted by Gasteiger charge is 2.50. The minimum absolute atomic E-state index is 0.0216. The summed E-state index contributed by atoms with van der Waals surface area (Å²) in [6.45, 7) is 10.3. The van der Waals surface area contributed by atoms with Crippen molar-refractivity contribution in [1.29, 1.82) is 0 Å². The van der Waals surface area contributed by atoms with E-state index in [0.29, 0.717) is 25.1 Å². The molecule has 1 N–H and O–H groups in total. The van der Waals surface area contributed by atoms with Crippen molar-refractivity contribution in [1.82, 2.24) is 14.7 Å². The van der Waals surface area contributed by atoms with Crippen molar-refractivity contribution in [2.45, 2.75) is 83.1 Å². The van der Waals surface area contributed by atoms with Gasteiger partial charge in [-0.2, -0.15) is 0 Å². The molecule has 1 unspecified atom stereocenters. The summed E-state index contributed by atoms with van der Waals surface area (Å²) >= 11 is 0. The second kappa shape index (κ2) is 16.9. The van der Waals surface area contributed by atoms with E-state index in [9.17, 15) is 23.5 Å². The van der Waals surface area contributed by atoms with Gasteiger partial charge in [0.25, 0.3) is 0 Å². The summed E-state index contributed by atoms with van der Waals surface area (Å²) in [6, 6.07) is 29.3. The van der Waals surface area contributed by atoms with Gasteiger partial charge in [-0.15, -0.1) is 6.58 Å². The Morgan fingerprint density at radius 3 is 1.88 bits per heavy atom. The Hall–Kier alpha value is -4.86. The second-order valence-electron chi connectivity index (χ2n) is 14.1. The van der Waals surface area contributed by atoms with Crippen LogP contribution in [0.25, 0.3) is 0 Å². The van der Waals surface area contributed by atoms with Gasteiger partial charge in [0, 0.05) is 38.3 Å². The molecule has 0 aliphatic carbocycles. The molecule has 0 radical (unpaired) electrons. The van der Waals surface area contributed by atoms with Crippen molar-refractivity contribution in [3.63, 3.8) is 0 Å². The van der Waals surface area contributed by atoms with Gasteiger partial charge in [0.05, 0.1) is 12.1 Å². The molecule has 0 spiro atoms. The van der Waals surface area contributed by atoms with Gasteiger partial charge in [-0.05, 0) is 68.0 Å². The molecule has 4 atom stereocenters. The molecule has 7 nitrogen and oxygen atoms in total. The molecular weight excluding hydrogens is 648 g/mol. The van der Waals surface area contributed by atoms with Crippen LogP contribution >= 0.6 is 0 Å². The predicted octanol–water partition coefficient (Wildman–Crippen LogP) is 7.53. The standard InChI is InChI=1S/C42H47F2N3O4/c1-5-15-36-29-46(28-32-20-13-8-14-21-32)40(49)38(47(36)41(50)51-42(2,3)4)39(48)37(24-33-22-34(43)25-35(44)23-33)45(26-30-16-9-6-10-17-30)27-31-18-11-7-12-19-31/h5-14,16-23,25,36-39,48H,1,15,24,26-29H2,2-4H3/t36-,37+,38?,39+/m1/s1. The number of hydrogen-bond acceptors (Lipinski definition) is 5. The molecule has 0 aromatic heterocycles. The maximum Gasteiger partial charge on any atom is 0.411 e. The normalized spacial score (nSPS) is 17.7. The number of hydrogen-bond donors (Lipinski definition) is 1. The Bertz CT molecular complexity index is 1690. The molecule has 5 rings (SSSR count). The predicted molar refractivity (Wildman–Crippen MR) is 194 cm³/mol. The average Bonchev–Trinajstić information content (AvgIpc) is 3.08. The number of ether oxygens (including phenoxy) is 1. The van der Waals surface area contributed by atoms with E-state index in [1.54, 1.807) is 31.7 Å². The molecule has 0 saturated carbocycles. The number of aliphatic hydroxyl groups is 1. The summed E-state index contributed by atoms with van der Waals surface area (Å²) in [5.74, 6) is -1.95. The number of piperazine rings is 1. The van der Waals surface area contributed by atoms with Crippen LogP contribution in [0.4, 0.5) is 13.6 Å². The highest BCUT2D eigenvalue weighted by Crippen LogP contribution is 2.31. The summed E-state index contributed by atoms with van der Waals surface area (Å²) in [5.41, 5.74) is 2.18. The lowest BCUT2D eigenvalue weighted by atomic mass is 9.89. The molecule has 1 aliphatic rings. The van der Waals surface area contributed by atoms with Gasteiger partial charge in [-0.25, -0.2) is 13.6 Å². The molecule has 4 aromatic carbocycles. The van der Waals surface area contributed by atoms with Crippen LogP contribution in [0.2, 0.25) is 0 Å². The van der Waals surface area contributed by atoms with Gasteiger partial charge < -0.3 is 14.7 Å². The molecule has 268 valence electrons. The first-order valence-corrected chi connectivity index (χ1v) is 17.3. The fourth-order valence-electron chi connectivity index (χ4n) is 6.75. The van der Waals surface area contributed by atoms with E-state index in [-0.39, 0.29) is 19.5 Å². The van der Waals surface area contributed by atoms with Crippen molar-refractivity contribution in [3.8, 4) is 0 Å². The summed E-state index contributed by atoms with van der Waals surface area (Å²) < 4.78 is 35.2. The first-order valence-electron chi connectivity index (χ1n) is 17.3. The number of carbonyl (C=O) groups excluding carboxylic acids is 2. The molecule has 4 aromatic rings. The molecule has 51 heavy (non-hydrogen) atoms. The van der Waals surface area contributed by atoms with Crippen LogP contribution in [-0.4, -0.2) is 68.2 Å². The third-order valence-electron chi connectivity index (χ3n) is 8.96. The van der Waals surface area contributed by atoms with Crippen molar-refractivity contribution in [2.75, 3.05) is 6.54 Å². The van der Waals surface area contributed by atoms with Crippen molar-refractivity contribution < 1.29 is 28.2 Å². The highest BCUT2D eigenvalue weighted by molar-refractivity contribution is 5.88. The van der Waals surface area contributed by atoms with Crippen molar-refractivity contribution in [2.24, 2.45) is 0 Å². The van der Waals surface area contributed by atoms with E-state index in [2.05, 4.69) is 6.58 Å². The molecule has 2 amide bonds. The van der Waals surface area contributed by atoms with Crippen LogP contribution in [0.5, 0.6) is 0 Å². The van der Waals surface area contributed by atoms with Crippen LogP contribution in [0.1, 0.15) is 49.4 Å². The molecule has 1 heterocycles. The fourth-order valence-corrected chi connectivity index (χ4v) is 6.75. The molecule has 1 fully saturated rings. The number of rotatable bonds is 13. The third kappa shape index (κ3) is 10.1. The zero-order valence-electron chi connectivity index (χ0n) is 29.5. The topological polar surface area (TPSA) is 73.3 Å². The minimum Gasteiger partial charge on any atom is -0.444 e. The lowest BCUT2D eigenvalue weighted by molar-refractivity contribution is -0.154. The summed E-state index contributed by atoms with van der Waals surface area (Å²) in [4.78, 5) is 33.9. The van der Waals surface area contributed by atoms with Crippen LogP contribution < -0.4 is 0 Å². The van der Waals surface area contributed by atoms with Crippen LogP contribution in [0, 0.1) is 11.6 Å². The molecular formula is C42H47F2N3O4. The molecule has 1 aliphatic heterocycles. The molecule has 0 bridgehead atoms. The number of benzene rings is 4. The van der Waals surface area contributed by atoms with Crippen LogP contribution in [0.15, 0.2) is 122 Å². The quantitative estimate of drug-likeness (QED) is 0.147. The largest absolute Gasteiger partial charge is 0.444 e. The lowest BCUT2D eigenvalue weighted by Crippen LogP contribution is -2.69. The minimum atomic E-state index is -1.52. The van der Waals surface area contributed by atoms with E-state index in [0.717, 1.165) is 22.8 Å². The van der Waals surface area contributed by atoms with E-state index in [1.807, 2.05) is 95.9 Å². The number of aliphatic hydroxyl groups excluding tert-OH is 1. The lowest BCUT2D eigenvalue weighted by Gasteiger charge is -2.49. The number of halogens is 2. The van der Waals surface area contributed by atoms with Gasteiger partial charge in [0.1, 0.15) is 23.3 Å². The van der Waals surface area contributed by atoms with E-state index in [1.165, 1.54) is 17.0 Å². The Balaban J connectivity index is 1.65. The van der Waals surface area contributed by atoms with Crippen molar-refractivity contribution >= 4 is 12.0 Å². The summed E-state index contributed by atoms with van der Waals surface area (Å²) in [5, 5.41) is 12.8. The van der Waals surface area contributed by atoms with Gasteiger partial charge >= 0.3 is 6.09 Å². The molecule has 9 heteroatoms. The fraction of sp³-hybridized carbons (Fsp3) is 0.333. The summed E-state index contributed by atoms with van der Waals surface area (Å²) in [7, 11) is 0. The number of amides is 2. The van der Waals surface area contributed by atoms with E-state index < -0.39 is 53.5 Å². The Kier molecular flexibility index (Phi) is 12.4. The Morgan fingerprint density at radius 2 is 1.39 bits per heavy atom. The SMILES string of the molecule is C=CC[C@@H]1CN(Cc2ccccc2)C(=O)C([C@@H](O)[C@H](Cc2cc(F)cc(F)c2)N(Cc2ccccc2)Cc2ccccc2)N1C(=O)OC(C)(C)C. The first-order chi connectivity index (χ1) is 24.4. The monoisotopic (exact) mass is 695 g/mol. The second-order valence-corrected chi connectivity index (χ2v) is 14.1. The van der Waals surface area contributed by atoms with Gasteiger partial charge in [0.15, 0.2) is 0 Å². The number of carbonyl (C=O) groups is 2. The third-order valence-corrected chi connectivity index (χ3v) is 8.96. The van der Waals surface area contributed by atoms with Crippen molar-refractivity contribution in [3.05, 3.63) is 156 Å². The molecule has 1 saturated heterocycles. The Labute approximate surface area is 299 Å². The van der Waals surface area contributed by atoms with Crippen LogP contribution in [0.3, 0.4) is 0 Å². The number of nitrogens with zero attached hydrogens (tertiary/aromatic N) is 3. The zero-order valence-corrected chi connectivity index (χ0v) is 29.5. The van der Waals surface area contributed by atoms with Gasteiger partial charge in [-0.3, -0.25) is 14.6 Å². The van der Waals surface area contributed by atoms with Gasteiger partial charge in [-0.1, -0.05) is 97.1 Å². The van der Waals surface area contributed by atoms with Crippen LogP contribution in [-0.2, 0) is 35.6 Å². The average molecular weight is 696 g/mol. The highest BCUT2D eigenvalue weighted by atomic mass is 19.1. The van der Waals surface area contributed by atoms with Gasteiger partial charge in [0.2, 0.25) is 5.91 Å². The maximum atomic E-state index is 14.8. The Morgan fingerprint density at radius 1 is 0.882 bits per heavy atom. The zero-order chi connectivity index (χ0) is 36.5. The first kappa shape index (κ1) is 37.4. The maximum absolute atomic E-state index is 14.8. The van der Waals surface area contributed by atoms with E-state index >= 15 is 0 Å². The van der Waals surface area contributed by atoms with E-state index in [4.69, 9.17) is 4.74 Å². The summed E-state index contributed by atoms with van der Waals surface area (Å²) in [6.07, 6.45) is -0.259.